The van der Waals surface area contributed by atoms with Crippen LogP contribution in [0.1, 0.15) is 31.2 Å². The van der Waals surface area contributed by atoms with E-state index in [9.17, 15) is 18.0 Å². The molecule has 0 bridgehead atoms. The molecule has 33 heavy (non-hydrogen) atoms. The van der Waals surface area contributed by atoms with Crippen molar-refractivity contribution in [3.63, 3.8) is 0 Å². The monoisotopic (exact) mass is 493 g/mol. The number of para-hydroxylation sites is 1. The number of benzene rings is 2. The maximum absolute atomic E-state index is 13.4. The first kappa shape index (κ1) is 22.9. The molecule has 3 aliphatic rings. The van der Waals surface area contributed by atoms with Gasteiger partial charge in [0.2, 0.25) is 5.91 Å². The Kier molecular flexibility index (Phi) is 6.30. The predicted molar refractivity (Wildman–Crippen MR) is 127 cm³/mol. The summed E-state index contributed by atoms with van der Waals surface area (Å²) < 4.78 is 40.2. The molecule has 1 spiro atoms. The zero-order valence-electron chi connectivity index (χ0n) is 18.2. The Bertz CT molecular complexity index is 1040. The number of hydrogen-bond acceptors (Lipinski definition) is 5. The molecule has 2 fully saturated rings. The van der Waals surface area contributed by atoms with E-state index in [1.807, 2.05) is 40.9 Å². The van der Waals surface area contributed by atoms with Crippen molar-refractivity contribution >= 4 is 40.8 Å². The second-order valence-electron chi connectivity index (χ2n) is 8.74. The Balaban J connectivity index is 1.26. The number of amides is 1. The molecule has 4 nitrogen and oxygen atoms in total. The van der Waals surface area contributed by atoms with Gasteiger partial charge in [0.25, 0.3) is 0 Å². The smallest absolute Gasteiger partial charge is 0.342 e. The van der Waals surface area contributed by atoms with Gasteiger partial charge in [-0.15, -0.1) is 11.8 Å². The normalized spacial score (nSPS) is 20.3. The zero-order valence-corrected chi connectivity index (χ0v) is 19.8. The number of fused-ring (bicyclic) bond motifs is 2. The molecule has 0 radical (unpaired) electrons. The van der Waals surface area contributed by atoms with E-state index in [0.29, 0.717) is 18.7 Å². The summed E-state index contributed by atoms with van der Waals surface area (Å²) in [6.45, 7) is 3.39. The van der Waals surface area contributed by atoms with Gasteiger partial charge in [-0.05, 0) is 56.1 Å². The van der Waals surface area contributed by atoms with Gasteiger partial charge in [0, 0.05) is 41.6 Å². The molecule has 0 unspecified atom stereocenters. The topological polar surface area (TPSA) is 35.6 Å². The summed E-state index contributed by atoms with van der Waals surface area (Å²) in [5.41, 5.74) is 0.986. The largest absolute Gasteiger partial charge is 0.416 e. The molecule has 0 saturated carbocycles. The summed E-state index contributed by atoms with van der Waals surface area (Å²) in [5.74, 6) is 1.04. The number of nitrogens with one attached hydrogen (secondary N) is 1. The van der Waals surface area contributed by atoms with Crippen molar-refractivity contribution in [2.75, 3.05) is 36.8 Å². The van der Waals surface area contributed by atoms with Crippen molar-refractivity contribution in [1.29, 1.82) is 0 Å². The molecule has 1 amide bonds. The van der Waals surface area contributed by atoms with Crippen LogP contribution in [0.15, 0.2) is 52.3 Å². The third-order valence-corrected chi connectivity index (χ3v) is 9.15. The molecule has 176 valence electrons. The van der Waals surface area contributed by atoms with Crippen LogP contribution in [-0.4, -0.2) is 47.6 Å². The van der Waals surface area contributed by atoms with Gasteiger partial charge >= 0.3 is 6.18 Å². The third kappa shape index (κ3) is 4.86. The van der Waals surface area contributed by atoms with Gasteiger partial charge in [0.1, 0.15) is 0 Å². The summed E-state index contributed by atoms with van der Waals surface area (Å²) in [5, 5.41) is 3.19. The molecule has 2 saturated heterocycles. The molecule has 2 aromatic rings. The third-order valence-electron chi connectivity index (χ3n) is 6.55. The molecule has 3 heterocycles. The van der Waals surface area contributed by atoms with E-state index >= 15 is 0 Å². The van der Waals surface area contributed by atoms with Crippen LogP contribution in [0.3, 0.4) is 0 Å². The highest BCUT2D eigenvalue weighted by Crippen LogP contribution is 2.49. The second kappa shape index (κ2) is 9.07. The van der Waals surface area contributed by atoms with E-state index < -0.39 is 11.7 Å². The van der Waals surface area contributed by atoms with Crippen molar-refractivity contribution < 1.29 is 18.0 Å². The van der Waals surface area contributed by atoms with Gasteiger partial charge in [-0.2, -0.15) is 13.2 Å². The quantitative estimate of drug-likeness (QED) is 0.588. The minimum atomic E-state index is -4.36. The molecule has 9 heteroatoms. The van der Waals surface area contributed by atoms with E-state index in [1.54, 1.807) is 6.07 Å². The number of rotatable bonds is 4. The van der Waals surface area contributed by atoms with Crippen LogP contribution in [-0.2, 0) is 11.0 Å². The maximum Gasteiger partial charge on any atom is 0.416 e. The Hall–Kier alpha value is -1.84. The lowest BCUT2D eigenvalue weighted by Crippen LogP contribution is -2.55. The van der Waals surface area contributed by atoms with E-state index in [2.05, 4.69) is 10.2 Å². The lowest BCUT2D eigenvalue weighted by atomic mass is 10.0. The van der Waals surface area contributed by atoms with E-state index in [-0.39, 0.29) is 10.8 Å². The molecule has 0 aromatic heterocycles. The average molecular weight is 494 g/mol. The fraction of sp³-hybridized carbons (Fsp3) is 0.458. The predicted octanol–water partition coefficient (Wildman–Crippen LogP) is 5.74. The van der Waals surface area contributed by atoms with Crippen LogP contribution in [0.4, 0.5) is 24.5 Å². The SMILES string of the molecule is O=C1CCSC2(CCN(CCCN3c4ccccc4Sc4ccc(C(F)(F)F)cc43)CC2)N1. The highest BCUT2D eigenvalue weighted by molar-refractivity contribution is 8.00. The molecule has 1 N–H and O–H groups in total. The second-order valence-corrected chi connectivity index (χ2v) is 11.3. The van der Waals surface area contributed by atoms with Crippen molar-refractivity contribution in [1.82, 2.24) is 10.2 Å². The number of alkyl halides is 3. The Morgan fingerprint density at radius 3 is 2.52 bits per heavy atom. The van der Waals surface area contributed by atoms with Crippen LogP contribution in [0, 0.1) is 0 Å². The zero-order chi connectivity index (χ0) is 23.1. The fourth-order valence-corrected chi connectivity index (χ4v) is 7.21. The lowest BCUT2D eigenvalue weighted by Gasteiger charge is -2.44. The highest BCUT2D eigenvalue weighted by atomic mass is 32.2. The number of piperidine rings is 1. The first-order valence-electron chi connectivity index (χ1n) is 11.3. The van der Waals surface area contributed by atoms with Gasteiger partial charge in [0.05, 0.1) is 21.8 Å². The molecule has 5 rings (SSSR count). The Morgan fingerprint density at radius 2 is 1.76 bits per heavy atom. The summed E-state index contributed by atoms with van der Waals surface area (Å²) in [6, 6.07) is 11.9. The van der Waals surface area contributed by atoms with Crippen LogP contribution < -0.4 is 10.2 Å². The fourth-order valence-electron chi connectivity index (χ4n) is 4.80. The maximum atomic E-state index is 13.4. The van der Waals surface area contributed by atoms with Crippen molar-refractivity contribution in [3.8, 4) is 0 Å². The van der Waals surface area contributed by atoms with Crippen LogP contribution in [0.2, 0.25) is 0 Å². The molecule has 3 aliphatic heterocycles. The lowest BCUT2D eigenvalue weighted by molar-refractivity contribution is -0.137. The van der Waals surface area contributed by atoms with Crippen molar-refractivity contribution in [2.45, 2.75) is 46.5 Å². The highest BCUT2D eigenvalue weighted by Gasteiger charge is 2.39. The molecule has 0 atom stereocenters. The van der Waals surface area contributed by atoms with Crippen LogP contribution >= 0.6 is 23.5 Å². The number of carbonyl (C=O) groups is 1. The number of likely N-dealkylation sites (tertiary alicyclic amines) is 1. The summed E-state index contributed by atoms with van der Waals surface area (Å²) in [7, 11) is 0. The number of hydrogen-bond donors (Lipinski definition) is 1. The van der Waals surface area contributed by atoms with Crippen molar-refractivity contribution in [2.24, 2.45) is 0 Å². The molecule has 2 aromatic carbocycles. The summed E-state index contributed by atoms with van der Waals surface area (Å²) in [6.07, 6.45) is -1.04. The molecule has 0 aliphatic carbocycles. The van der Waals surface area contributed by atoms with Gasteiger partial charge in [-0.3, -0.25) is 4.79 Å². The summed E-state index contributed by atoms with van der Waals surface area (Å²) in [4.78, 5) is 18.1. The molecular formula is C24H26F3N3OS2. The first-order chi connectivity index (χ1) is 15.8. The minimum Gasteiger partial charge on any atom is -0.342 e. The van der Waals surface area contributed by atoms with Crippen molar-refractivity contribution in [3.05, 3.63) is 48.0 Å². The molecular weight excluding hydrogens is 467 g/mol. The summed E-state index contributed by atoms with van der Waals surface area (Å²) >= 11 is 3.39. The standard InChI is InChI=1S/C24H26F3N3OS2/c25-24(26,27)17-6-7-21-19(16-17)30(18-4-1-2-5-20(18)33-21)12-3-11-29-13-9-23(10-14-29)28-22(31)8-15-32-23/h1-2,4-7,16H,3,8-15H2,(H,28,31). The number of nitrogens with zero attached hydrogens (tertiary/aromatic N) is 2. The van der Waals surface area contributed by atoms with Gasteiger partial charge < -0.3 is 15.1 Å². The Labute approximate surface area is 200 Å². The van der Waals surface area contributed by atoms with Crippen LogP contribution in [0.5, 0.6) is 0 Å². The average Bonchev–Trinajstić information content (AvgIpc) is 2.79. The number of carbonyl (C=O) groups excluding carboxylic acids is 1. The van der Waals surface area contributed by atoms with Gasteiger partial charge in [-0.1, -0.05) is 23.9 Å². The number of halogens is 3. The number of thioether (sulfide) groups is 1. The van der Waals surface area contributed by atoms with Gasteiger partial charge in [-0.25, -0.2) is 0 Å². The number of anilines is 2. The van der Waals surface area contributed by atoms with E-state index in [1.165, 1.54) is 23.9 Å². The van der Waals surface area contributed by atoms with E-state index in [4.69, 9.17) is 0 Å². The van der Waals surface area contributed by atoms with Gasteiger partial charge in [0.15, 0.2) is 0 Å². The van der Waals surface area contributed by atoms with E-state index in [0.717, 1.165) is 60.1 Å². The van der Waals surface area contributed by atoms with Crippen LogP contribution in [0.25, 0.3) is 0 Å². The Morgan fingerprint density at radius 1 is 1.00 bits per heavy atom. The minimum absolute atomic E-state index is 0.109. The first-order valence-corrected chi connectivity index (χ1v) is 13.1.